The fraction of sp³-hybridized carbons (Fsp3) is 0.0800. The topological polar surface area (TPSA) is 82.7 Å². The Morgan fingerprint density at radius 1 is 0.970 bits per heavy atom. The first-order chi connectivity index (χ1) is 16.2. The van der Waals surface area contributed by atoms with E-state index in [0.29, 0.717) is 23.7 Å². The highest BCUT2D eigenvalue weighted by molar-refractivity contribution is 6.02. The summed E-state index contributed by atoms with van der Waals surface area (Å²) in [5, 5.41) is 7.24. The number of nitrogens with one attached hydrogen (secondary N) is 1. The summed E-state index contributed by atoms with van der Waals surface area (Å²) in [6.07, 6.45) is 5.61. The molecule has 0 saturated carbocycles. The molecule has 164 valence electrons. The number of rotatable bonds is 7. The number of fused-ring (bicyclic) bond motifs is 1. The number of carbonyl (C=O) groups excluding carboxylic acids is 1. The molecule has 0 saturated heterocycles. The number of nitrogens with zero attached hydrogens (tertiary/aromatic N) is 4. The van der Waals surface area contributed by atoms with Gasteiger partial charge in [-0.2, -0.15) is 5.10 Å². The number of anilines is 1. The number of pyridine rings is 1. The van der Waals surface area contributed by atoms with Crippen LogP contribution in [-0.2, 0) is 6.61 Å². The van der Waals surface area contributed by atoms with Gasteiger partial charge in [-0.15, -0.1) is 0 Å². The van der Waals surface area contributed by atoms with E-state index in [-0.39, 0.29) is 5.91 Å². The first kappa shape index (κ1) is 20.3. The molecular weight excluding hydrogens is 418 g/mol. The number of carbonyl (C=O) groups is 1. The van der Waals surface area contributed by atoms with Crippen molar-refractivity contribution in [2.75, 3.05) is 12.4 Å². The Bertz CT molecular complexity index is 1370. The van der Waals surface area contributed by atoms with Crippen molar-refractivity contribution < 1.29 is 14.3 Å². The van der Waals surface area contributed by atoms with Crippen LogP contribution in [-0.4, -0.2) is 32.2 Å². The molecular formula is C25H21N5O3. The van der Waals surface area contributed by atoms with Crippen LogP contribution in [0.5, 0.6) is 11.5 Å². The number of imidazole rings is 1. The Balaban J connectivity index is 1.23. The minimum atomic E-state index is -0.306. The van der Waals surface area contributed by atoms with Gasteiger partial charge in [0.2, 0.25) is 0 Å². The molecule has 0 aliphatic rings. The van der Waals surface area contributed by atoms with Crippen LogP contribution in [0.3, 0.4) is 0 Å². The van der Waals surface area contributed by atoms with Crippen molar-refractivity contribution in [2.24, 2.45) is 0 Å². The van der Waals surface area contributed by atoms with Crippen LogP contribution >= 0.6 is 0 Å². The maximum absolute atomic E-state index is 12.7. The zero-order valence-corrected chi connectivity index (χ0v) is 17.9. The number of hydrogen-bond acceptors (Lipinski definition) is 5. The largest absolute Gasteiger partial charge is 0.497 e. The Morgan fingerprint density at radius 3 is 2.67 bits per heavy atom. The lowest BCUT2D eigenvalue weighted by atomic mass is 10.3. The van der Waals surface area contributed by atoms with E-state index in [4.69, 9.17) is 9.47 Å². The van der Waals surface area contributed by atoms with E-state index in [1.165, 1.54) is 0 Å². The second-order valence-electron chi connectivity index (χ2n) is 7.31. The molecule has 0 spiro atoms. The molecule has 0 aliphatic heterocycles. The SMILES string of the molecule is COc1ccc(-n2ccc(C(=O)Nc3cccc(OCc4cn5ccccc5n4)c3)n2)cc1. The van der Waals surface area contributed by atoms with Crippen molar-refractivity contribution in [1.82, 2.24) is 19.2 Å². The third-order valence-electron chi connectivity index (χ3n) is 5.05. The molecule has 0 atom stereocenters. The third-order valence-corrected chi connectivity index (χ3v) is 5.05. The van der Waals surface area contributed by atoms with Crippen molar-refractivity contribution in [1.29, 1.82) is 0 Å². The Morgan fingerprint density at radius 2 is 1.85 bits per heavy atom. The van der Waals surface area contributed by atoms with Gasteiger partial charge in [-0.1, -0.05) is 12.1 Å². The zero-order valence-electron chi connectivity index (χ0n) is 17.9. The molecule has 0 bridgehead atoms. The summed E-state index contributed by atoms with van der Waals surface area (Å²) in [4.78, 5) is 17.2. The number of benzene rings is 2. The van der Waals surface area contributed by atoms with Gasteiger partial charge in [-0.05, 0) is 54.6 Å². The Hall–Kier alpha value is -4.59. The van der Waals surface area contributed by atoms with E-state index >= 15 is 0 Å². The summed E-state index contributed by atoms with van der Waals surface area (Å²) in [7, 11) is 1.62. The molecule has 2 aromatic carbocycles. The fourth-order valence-corrected chi connectivity index (χ4v) is 3.40. The molecule has 3 aromatic heterocycles. The highest BCUT2D eigenvalue weighted by atomic mass is 16.5. The minimum absolute atomic E-state index is 0.306. The predicted octanol–water partition coefficient (Wildman–Crippen LogP) is 4.36. The fourth-order valence-electron chi connectivity index (χ4n) is 3.40. The first-order valence-corrected chi connectivity index (χ1v) is 10.3. The van der Waals surface area contributed by atoms with E-state index < -0.39 is 0 Å². The molecule has 5 aromatic rings. The average molecular weight is 439 g/mol. The molecule has 1 N–H and O–H groups in total. The van der Waals surface area contributed by atoms with Crippen molar-refractivity contribution >= 4 is 17.2 Å². The molecule has 8 nitrogen and oxygen atoms in total. The predicted molar refractivity (Wildman–Crippen MR) is 124 cm³/mol. The lowest BCUT2D eigenvalue weighted by molar-refractivity contribution is 0.102. The molecule has 3 heterocycles. The van der Waals surface area contributed by atoms with E-state index in [2.05, 4.69) is 15.4 Å². The van der Waals surface area contributed by atoms with E-state index in [9.17, 15) is 4.79 Å². The van der Waals surface area contributed by atoms with Gasteiger partial charge in [0.1, 0.15) is 23.8 Å². The van der Waals surface area contributed by atoms with Gasteiger partial charge >= 0.3 is 0 Å². The normalized spacial score (nSPS) is 10.8. The number of hydrogen-bond donors (Lipinski definition) is 1. The number of aromatic nitrogens is 4. The lowest BCUT2D eigenvalue weighted by Gasteiger charge is -2.08. The molecule has 0 aliphatic carbocycles. The maximum atomic E-state index is 12.7. The van der Waals surface area contributed by atoms with Gasteiger partial charge in [0.25, 0.3) is 5.91 Å². The second-order valence-corrected chi connectivity index (χ2v) is 7.31. The van der Waals surface area contributed by atoms with Crippen LogP contribution in [0.2, 0.25) is 0 Å². The van der Waals surface area contributed by atoms with Gasteiger partial charge in [0, 0.05) is 30.3 Å². The third kappa shape index (κ3) is 4.54. The Labute approximate surface area is 190 Å². The first-order valence-electron chi connectivity index (χ1n) is 10.3. The van der Waals surface area contributed by atoms with Crippen LogP contribution in [0, 0.1) is 0 Å². The summed E-state index contributed by atoms with van der Waals surface area (Å²) < 4.78 is 14.6. The molecule has 8 heteroatoms. The summed E-state index contributed by atoms with van der Waals surface area (Å²) in [5.41, 5.74) is 3.44. The standard InChI is InChI=1S/C25H21N5O3/c1-32-21-10-8-20(9-11-21)30-14-12-23(28-30)25(31)27-18-5-4-6-22(15-18)33-17-19-16-29-13-3-2-7-24(29)26-19/h2-16H,17H2,1H3,(H,27,31). The van der Waals surface area contributed by atoms with Crippen LogP contribution in [0.15, 0.2) is 91.4 Å². The highest BCUT2D eigenvalue weighted by Gasteiger charge is 2.11. The zero-order chi connectivity index (χ0) is 22.6. The summed E-state index contributed by atoms with van der Waals surface area (Å²) in [6.45, 7) is 0.325. The monoisotopic (exact) mass is 439 g/mol. The molecule has 5 rings (SSSR count). The van der Waals surface area contributed by atoms with E-state index in [0.717, 1.165) is 22.8 Å². The molecule has 0 radical (unpaired) electrons. The smallest absolute Gasteiger partial charge is 0.276 e. The van der Waals surface area contributed by atoms with Crippen LogP contribution < -0.4 is 14.8 Å². The summed E-state index contributed by atoms with van der Waals surface area (Å²) in [6, 6.07) is 22.2. The van der Waals surface area contributed by atoms with Gasteiger partial charge < -0.3 is 19.2 Å². The van der Waals surface area contributed by atoms with Gasteiger partial charge in [0.15, 0.2) is 5.69 Å². The average Bonchev–Trinajstić information content (AvgIpc) is 3.50. The van der Waals surface area contributed by atoms with Crippen molar-refractivity contribution in [3.63, 3.8) is 0 Å². The molecule has 1 amide bonds. The maximum Gasteiger partial charge on any atom is 0.276 e. The van der Waals surface area contributed by atoms with E-state index in [1.807, 2.05) is 71.4 Å². The number of amides is 1. The van der Waals surface area contributed by atoms with Crippen molar-refractivity contribution in [3.8, 4) is 17.2 Å². The number of ether oxygens (including phenoxy) is 2. The Kier molecular flexibility index (Phi) is 5.47. The quantitative estimate of drug-likeness (QED) is 0.407. The van der Waals surface area contributed by atoms with E-state index in [1.54, 1.807) is 36.2 Å². The number of methoxy groups -OCH3 is 1. The minimum Gasteiger partial charge on any atom is -0.497 e. The van der Waals surface area contributed by atoms with Crippen molar-refractivity contribution in [2.45, 2.75) is 6.61 Å². The van der Waals surface area contributed by atoms with Crippen molar-refractivity contribution in [3.05, 3.63) is 103 Å². The van der Waals surface area contributed by atoms with Gasteiger partial charge in [-0.3, -0.25) is 4.79 Å². The van der Waals surface area contributed by atoms with Crippen LogP contribution in [0.25, 0.3) is 11.3 Å². The highest BCUT2D eigenvalue weighted by Crippen LogP contribution is 2.20. The van der Waals surface area contributed by atoms with Gasteiger partial charge in [-0.25, -0.2) is 9.67 Å². The summed E-state index contributed by atoms with van der Waals surface area (Å²) in [5.74, 6) is 1.08. The van der Waals surface area contributed by atoms with Gasteiger partial charge in [0.05, 0.1) is 18.5 Å². The molecule has 0 fully saturated rings. The molecule has 0 unspecified atom stereocenters. The lowest BCUT2D eigenvalue weighted by Crippen LogP contribution is -2.13. The second kappa shape index (κ2) is 8.88. The van der Waals surface area contributed by atoms with Crippen LogP contribution in [0.1, 0.15) is 16.2 Å². The summed E-state index contributed by atoms with van der Waals surface area (Å²) >= 11 is 0. The van der Waals surface area contributed by atoms with Crippen LogP contribution in [0.4, 0.5) is 5.69 Å². The molecule has 33 heavy (non-hydrogen) atoms.